The van der Waals surface area contributed by atoms with E-state index < -0.39 is 0 Å². The van der Waals surface area contributed by atoms with E-state index in [0.717, 1.165) is 41.1 Å². The van der Waals surface area contributed by atoms with Crippen LogP contribution in [0.2, 0.25) is 0 Å². The molecule has 34 heavy (non-hydrogen) atoms. The van der Waals surface area contributed by atoms with Gasteiger partial charge in [0.2, 0.25) is 5.91 Å². The molecule has 0 aromatic carbocycles. The first-order valence-corrected chi connectivity index (χ1v) is 11.2. The van der Waals surface area contributed by atoms with Crippen molar-refractivity contribution >= 4 is 23.0 Å². The van der Waals surface area contributed by atoms with Gasteiger partial charge in [0.15, 0.2) is 17.1 Å². The van der Waals surface area contributed by atoms with Gasteiger partial charge in [0.25, 0.3) is 0 Å². The van der Waals surface area contributed by atoms with Crippen molar-refractivity contribution in [3.8, 4) is 11.1 Å². The quantitative estimate of drug-likeness (QED) is 0.383. The van der Waals surface area contributed by atoms with Crippen molar-refractivity contribution in [1.82, 2.24) is 39.0 Å². The van der Waals surface area contributed by atoms with Crippen molar-refractivity contribution in [3.05, 3.63) is 60.6 Å². The highest BCUT2D eigenvalue weighted by atomic mass is 16.3. The highest BCUT2D eigenvalue weighted by Crippen LogP contribution is 2.30. The fourth-order valence-electron chi connectivity index (χ4n) is 4.01. The third-order valence-electron chi connectivity index (χ3n) is 6.10. The Kier molecular flexibility index (Phi) is 4.84. The van der Waals surface area contributed by atoms with E-state index in [4.69, 9.17) is 10.2 Å². The molecule has 0 spiro atoms. The van der Waals surface area contributed by atoms with Crippen molar-refractivity contribution in [2.24, 2.45) is 5.92 Å². The zero-order valence-corrected chi connectivity index (χ0v) is 18.5. The highest BCUT2D eigenvalue weighted by molar-refractivity contribution is 5.93. The van der Waals surface area contributed by atoms with E-state index in [1.165, 1.54) is 0 Å². The highest BCUT2D eigenvalue weighted by Gasteiger charge is 2.30. The molecule has 0 aliphatic heterocycles. The lowest BCUT2D eigenvalue weighted by molar-refractivity contribution is -0.117. The fourth-order valence-corrected chi connectivity index (χ4v) is 4.01. The zero-order valence-electron chi connectivity index (χ0n) is 18.5. The maximum Gasteiger partial charge on any atom is 0.228 e. The fraction of sp³-hybridized carbons (Fsp3) is 0.304. The Bertz CT molecular complexity index is 1510. The van der Waals surface area contributed by atoms with Gasteiger partial charge in [0.05, 0.1) is 37.2 Å². The molecule has 6 rings (SSSR count). The summed E-state index contributed by atoms with van der Waals surface area (Å²) in [6, 6.07) is 7.70. The van der Waals surface area contributed by atoms with Crippen LogP contribution in [0.3, 0.4) is 0 Å². The Morgan fingerprint density at radius 1 is 1.12 bits per heavy atom. The minimum atomic E-state index is -0.140. The third kappa shape index (κ3) is 3.69. The van der Waals surface area contributed by atoms with Crippen molar-refractivity contribution in [2.75, 3.05) is 11.9 Å². The average Bonchev–Trinajstić information content (AvgIpc) is 3.25. The Morgan fingerprint density at radius 2 is 1.97 bits per heavy atom. The van der Waals surface area contributed by atoms with Crippen LogP contribution in [-0.4, -0.2) is 56.6 Å². The summed E-state index contributed by atoms with van der Waals surface area (Å²) in [5, 5.41) is 29.8. The second-order valence-corrected chi connectivity index (χ2v) is 8.59. The van der Waals surface area contributed by atoms with Crippen LogP contribution in [0.1, 0.15) is 37.2 Å². The predicted octanol–water partition coefficient (Wildman–Crippen LogP) is 2.13. The smallest absolute Gasteiger partial charge is 0.228 e. The molecule has 2 N–H and O–H groups in total. The Hall–Kier alpha value is -4.12. The third-order valence-corrected chi connectivity index (χ3v) is 6.10. The molecule has 11 nitrogen and oxygen atoms in total. The SMILES string of the molecule is CC(c1ccc2nc(NC(=O)C3CC3)cn2n1)c1nnc2ccc(-c3cnn(CCO)c3)cn12. The summed E-state index contributed by atoms with van der Waals surface area (Å²) in [7, 11) is 0. The number of rotatable bonds is 7. The first-order valence-electron chi connectivity index (χ1n) is 11.2. The number of aliphatic hydroxyl groups is 1. The molecule has 1 fully saturated rings. The molecule has 0 bridgehead atoms. The predicted molar refractivity (Wildman–Crippen MR) is 123 cm³/mol. The maximum absolute atomic E-state index is 12.1. The molecule has 5 heterocycles. The normalized spacial score (nSPS) is 14.6. The van der Waals surface area contributed by atoms with Crippen LogP contribution in [0.5, 0.6) is 0 Å². The van der Waals surface area contributed by atoms with Gasteiger partial charge in [-0.05, 0) is 44.0 Å². The lowest BCUT2D eigenvalue weighted by Crippen LogP contribution is -2.13. The number of hydrogen-bond acceptors (Lipinski definition) is 7. The van der Waals surface area contributed by atoms with Gasteiger partial charge in [-0.3, -0.25) is 13.9 Å². The van der Waals surface area contributed by atoms with Gasteiger partial charge in [-0.15, -0.1) is 10.2 Å². The standard InChI is InChI=1S/C23H23N9O2/c1-14(18-5-7-20-25-19(13-32(20)29-18)26-23(34)15-2-3-15)22-28-27-21-6-4-16(12-31(21)22)17-10-24-30(11-17)8-9-33/h4-7,10-15,33H,2-3,8-9H2,1H3,(H,26,34). The van der Waals surface area contributed by atoms with Crippen LogP contribution in [0.4, 0.5) is 5.82 Å². The summed E-state index contributed by atoms with van der Waals surface area (Å²) in [4.78, 5) is 16.5. The largest absolute Gasteiger partial charge is 0.394 e. The second kappa shape index (κ2) is 8.03. The van der Waals surface area contributed by atoms with Gasteiger partial charge in [-0.2, -0.15) is 10.2 Å². The number of amides is 1. The number of hydrogen-bond donors (Lipinski definition) is 2. The van der Waals surface area contributed by atoms with Gasteiger partial charge >= 0.3 is 0 Å². The first kappa shape index (κ1) is 20.5. The molecule has 1 saturated carbocycles. The monoisotopic (exact) mass is 457 g/mol. The number of fused-ring (bicyclic) bond motifs is 2. The van der Waals surface area contributed by atoms with Crippen LogP contribution in [0.15, 0.2) is 49.1 Å². The van der Waals surface area contributed by atoms with Crippen LogP contribution < -0.4 is 5.32 Å². The molecule has 1 aliphatic rings. The number of nitrogens with one attached hydrogen (secondary N) is 1. The molecule has 1 unspecified atom stereocenters. The van der Waals surface area contributed by atoms with Crippen molar-refractivity contribution in [2.45, 2.75) is 32.2 Å². The van der Waals surface area contributed by atoms with E-state index >= 15 is 0 Å². The summed E-state index contributed by atoms with van der Waals surface area (Å²) in [5.41, 5.74) is 4.12. The number of pyridine rings is 1. The summed E-state index contributed by atoms with van der Waals surface area (Å²) < 4.78 is 5.35. The van der Waals surface area contributed by atoms with E-state index in [0.29, 0.717) is 18.0 Å². The lowest BCUT2D eigenvalue weighted by atomic mass is 10.1. The van der Waals surface area contributed by atoms with Gasteiger partial charge in [0, 0.05) is 29.4 Å². The Labute approximate surface area is 194 Å². The van der Waals surface area contributed by atoms with Crippen LogP contribution >= 0.6 is 0 Å². The Morgan fingerprint density at radius 3 is 2.79 bits per heavy atom. The number of aromatic nitrogens is 8. The molecule has 1 amide bonds. The average molecular weight is 457 g/mol. The number of carbonyl (C=O) groups is 1. The molecule has 0 saturated heterocycles. The van der Waals surface area contributed by atoms with Crippen LogP contribution in [0.25, 0.3) is 22.4 Å². The summed E-state index contributed by atoms with van der Waals surface area (Å²) >= 11 is 0. The van der Waals surface area contributed by atoms with Crippen LogP contribution in [-0.2, 0) is 11.3 Å². The van der Waals surface area contributed by atoms with Crippen molar-refractivity contribution < 1.29 is 9.90 Å². The molecule has 1 aliphatic carbocycles. The van der Waals surface area contributed by atoms with Crippen LogP contribution in [0, 0.1) is 5.92 Å². The van der Waals surface area contributed by atoms with E-state index in [9.17, 15) is 4.79 Å². The minimum absolute atomic E-state index is 0.0182. The molecule has 1 atom stereocenters. The van der Waals surface area contributed by atoms with Gasteiger partial charge < -0.3 is 10.4 Å². The molecule has 5 aromatic rings. The molecule has 172 valence electrons. The minimum Gasteiger partial charge on any atom is -0.394 e. The zero-order chi connectivity index (χ0) is 23.2. The topological polar surface area (TPSA) is 128 Å². The number of nitrogens with zero attached hydrogens (tertiary/aromatic N) is 8. The lowest BCUT2D eigenvalue weighted by Gasteiger charge is -2.10. The van der Waals surface area contributed by atoms with E-state index in [-0.39, 0.29) is 24.3 Å². The van der Waals surface area contributed by atoms with Gasteiger partial charge in [0.1, 0.15) is 5.82 Å². The number of carbonyl (C=O) groups excluding carboxylic acids is 1. The number of aliphatic hydroxyl groups excluding tert-OH is 1. The summed E-state index contributed by atoms with van der Waals surface area (Å²) in [5.74, 6) is 1.26. The van der Waals surface area contributed by atoms with E-state index in [1.807, 2.05) is 48.0 Å². The van der Waals surface area contributed by atoms with E-state index in [2.05, 4.69) is 25.6 Å². The summed E-state index contributed by atoms with van der Waals surface area (Å²) in [6.45, 7) is 2.52. The van der Waals surface area contributed by atoms with Crippen molar-refractivity contribution in [1.29, 1.82) is 0 Å². The van der Waals surface area contributed by atoms with Crippen molar-refractivity contribution in [3.63, 3.8) is 0 Å². The molecule has 0 radical (unpaired) electrons. The Balaban J connectivity index is 1.30. The maximum atomic E-state index is 12.1. The van der Waals surface area contributed by atoms with Gasteiger partial charge in [-0.1, -0.05) is 0 Å². The van der Waals surface area contributed by atoms with Gasteiger partial charge in [-0.25, -0.2) is 9.50 Å². The second-order valence-electron chi connectivity index (χ2n) is 8.59. The number of imidazole rings is 1. The number of anilines is 1. The first-order chi connectivity index (χ1) is 16.6. The van der Waals surface area contributed by atoms with E-state index in [1.54, 1.807) is 21.6 Å². The molecular weight excluding hydrogens is 434 g/mol. The molecule has 11 heteroatoms. The molecular formula is C23H23N9O2. The molecule has 5 aromatic heterocycles. The summed E-state index contributed by atoms with van der Waals surface area (Å²) in [6.07, 6.45) is 9.28.